The molecule has 0 atom stereocenters. The number of nitrogens with zero attached hydrogens (tertiary/aromatic N) is 1. The molecule has 0 aromatic heterocycles. The van der Waals surface area contributed by atoms with Crippen molar-refractivity contribution in [3.63, 3.8) is 0 Å². The van der Waals surface area contributed by atoms with E-state index >= 15 is 0 Å². The molecule has 0 aliphatic carbocycles. The summed E-state index contributed by atoms with van der Waals surface area (Å²) in [6.07, 6.45) is -3.22. The van der Waals surface area contributed by atoms with Crippen LogP contribution in [0.4, 0.5) is 13.2 Å². The normalized spacial score (nSPS) is 18.2. The third-order valence-corrected chi connectivity index (χ3v) is 5.28. The molecule has 1 amide bonds. The van der Waals surface area contributed by atoms with Gasteiger partial charge in [-0.25, -0.2) is 0 Å². The molecule has 1 fully saturated rings. The van der Waals surface area contributed by atoms with Crippen LogP contribution in [0.25, 0.3) is 6.08 Å². The van der Waals surface area contributed by atoms with Crippen LogP contribution in [-0.2, 0) is 16.4 Å². The highest BCUT2D eigenvalue weighted by Gasteiger charge is 2.40. The van der Waals surface area contributed by atoms with E-state index in [-0.39, 0.29) is 16.4 Å². The molecule has 26 heavy (non-hydrogen) atoms. The molecule has 2 nitrogen and oxygen atoms in total. The van der Waals surface area contributed by atoms with Crippen molar-refractivity contribution < 1.29 is 18.0 Å². The first-order valence-corrected chi connectivity index (χ1v) is 9.34. The van der Waals surface area contributed by atoms with Crippen LogP contribution in [-0.4, -0.2) is 20.7 Å². The molecule has 2 rings (SSSR count). The Hall–Kier alpha value is -1.34. The minimum Gasteiger partial charge on any atom is -0.288 e. The number of carbonyl (C=O) groups is 1. The molecule has 142 valence electrons. The molecule has 1 heterocycles. The Balaban J connectivity index is 2.55. The molecule has 1 aliphatic rings. The highest BCUT2D eigenvalue weighted by Crippen LogP contribution is 2.40. The lowest BCUT2D eigenvalue weighted by molar-refractivity contribution is -0.137. The predicted molar refractivity (Wildman–Crippen MR) is 105 cm³/mol. The van der Waals surface area contributed by atoms with Crippen LogP contribution >= 0.6 is 24.0 Å². The molecule has 1 aliphatic heterocycles. The van der Waals surface area contributed by atoms with Crippen LogP contribution < -0.4 is 0 Å². The molecule has 1 aromatic carbocycles. The molecule has 0 bridgehead atoms. The van der Waals surface area contributed by atoms with E-state index in [0.29, 0.717) is 9.88 Å². The van der Waals surface area contributed by atoms with E-state index in [1.54, 1.807) is 6.07 Å². The van der Waals surface area contributed by atoms with Gasteiger partial charge in [-0.2, -0.15) is 13.2 Å². The summed E-state index contributed by atoms with van der Waals surface area (Å²) in [5.41, 5.74) is -1.12. The SMILES string of the molecule is CC(C)(C)c1ccc(/C=C2\SC(=S)N(C(C)(C)C)C2=O)c(C(F)(F)F)c1. The lowest BCUT2D eigenvalue weighted by Gasteiger charge is -2.30. The molecular weight excluding hydrogens is 379 g/mol. The van der Waals surface area contributed by atoms with Gasteiger partial charge in [-0.05, 0) is 49.5 Å². The Kier molecular flexibility index (Phi) is 5.38. The van der Waals surface area contributed by atoms with E-state index in [9.17, 15) is 18.0 Å². The number of benzene rings is 1. The average Bonchev–Trinajstić information content (AvgIpc) is 2.70. The van der Waals surface area contributed by atoms with Gasteiger partial charge in [-0.3, -0.25) is 9.69 Å². The van der Waals surface area contributed by atoms with E-state index in [1.165, 1.54) is 17.0 Å². The number of hydrogen-bond donors (Lipinski definition) is 0. The van der Waals surface area contributed by atoms with E-state index in [2.05, 4.69) is 0 Å². The van der Waals surface area contributed by atoms with E-state index < -0.39 is 22.7 Å². The van der Waals surface area contributed by atoms with Crippen molar-refractivity contribution in [2.45, 2.75) is 58.7 Å². The summed E-state index contributed by atoms with van der Waals surface area (Å²) in [6.45, 7) is 11.1. The Morgan fingerprint density at radius 1 is 1.08 bits per heavy atom. The Labute approximate surface area is 161 Å². The second-order valence-electron chi connectivity index (χ2n) is 8.24. The zero-order valence-corrected chi connectivity index (χ0v) is 17.2. The van der Waals surface area contributed by atoms with Crippen molar-refractivity contribution in [2.75, 3.05) is 0 Å². The van der Waals surface area contributed by atoms with Gasteiger partial charge in [0.05, 0.1) is 10.5 Å². The van der Waals surface area contributed by atoms with Crippen molar-refractivity contribution in [3.8, 4) is 0 Å². The van der Waals surface area contributed by atoms with Gasteiger partial charge in [0.15, 0.2) is 0 Å². The quantitative estimate of drug-likeness (QED) is 0.425. The summed E-state index contributed by atoms with van der Waals surface area (Å²) in [7, 11) is 0. The molecule has 7 heteroatoms. The highest BCUT2D eigenvalue weighted by molar-refractivity contribution is 8.26. The topological polar surface area (TPSA) is 20.3 Å². The fourth-order valence-electron chi connectivity index (χ4n) is 2.58. The minimum atomic E-state index is -4.51. The summed E-state index contributed by atoms with van der Waals surface area (Å²) >= 11 is 6.27. The molecule has 0 unspecified atom stereocenters. The lowest BCUT2D eigenvalue weighted by Crippen LogP contribution is -2.44. The Bertz CT molecular complexity index is 783. The van der Waals surface area contributed by atoms with Gasteiger partial charge in [-0.1, -0.05) is 56.9 Å². The summed E-state index contributed by atoms with van der Waals surface area (Å²) in [5, 5.41) is 0. The van der Waals surface area contributed by atoms with Crippen LogP contribution in [0.2, 0.25) is 0 Å². The number of amides is 1. The fraction of sp³-hybridized carbons (Fsp3) is 0.474. The molecule has 1 aromatic rings. The smallest absolute Gasteiger partial charge is 0.288 e. The zero-order valence-electron chi connectivity index (χ0n) is 15.6. The van der Waals surface area contributed by atoms with Crippen molar-refractivity contribution in [1.29, 1.82) is 0 Å². The number of thiocarbonyl (C=S) groups is 1. The molecule has 0 N–H and O–H groups in total. The number of rotatable bonds is 1. The highest BCUT2D eigenvalue weighted by atomic mass is 32.2. The van der Waals surface area contributed by atoms with Crippen molar-refractivity contribution in [2.24, 2.45) is 0 Å². The molecule has 0 saturated carbocycles. The second kappa shape index (κ2) is 6.68. The van der Waals surface area contributed by atoms with Gasteiger partial charge in [-0.15, -0.1) is 0 Å². The van der Waals surface area contributed by atoms with Gasteiger partial charge in [0.1, 0.15) is 4.32 Å². The van der Waals surface area contributed by atoms with Crippen LogP contribution in [0, 0.1) is 0 Å². The van der Waals surface area contributed by atoms with Gasteiger partial charge in [0.2, 0.25) is 0 Å². The van der Waals surface area contributed by atoms with Crippen LogP contribution in [0.3, 0.4) is 0 Å². The first-order valence-electron chi connectivity index (χ1n) is 8.12. The molecular formula is C19H22F3NOS2. The summed E-state index contributed by atoms with van der Waals surface area (Å²) in [5.74, 6) is -0.361. The Morgan fingerprint density at radius 2 is 1.65 bits per heavy atom. The predicted octanol–water partition coefficient (Wildman–Crippen LogP) is 6.00. The van der Waals surface area contributed by atoms with E-state index in [0.717, 1.165) is 17.8 Å². The van der Waals surface area contributed by atoms with Crippen molar-refractivity contribution >= 4 is 40.3 Å². The number of hydrogen-bond acceptors (Lipinski definition) is 3. The zero-order chi connectivity index (χ0) is 20.1. The number of halogens is 3. The largest absolute Gasteiger partial charge is 0.416 e. The molecule has 0 radical (unpaired) electrons. The van der Waals surface area contributed by atoms with Crippen molar-refractivity contribution in [3.05, 3.63) is 39.8 Å². The summed E-state index contributed by atoms with van der Waals surface area (Å²) in [6, 6.07) is 4.26. The van der Waals surface area contributed by atoms with E-state index in [4.69, 9.17) is 12.2 Å². The average molecular weight is 402 g/mol. The first-order chi connectivity index (χ1) is 11.6. The molecule has 1 saturated heterocycles. The van der Waals surface area contributed by atoms with Gasteiger partial charge in [0, 0.05) is 5.54 Å². The van der Waals surface area contributed by atoms with Gasteiger partial charge < -0.3 is 0 Å². The van der Waals surface area contributed by atoms with Gasteiger partial charge in [0.25, 0.3) is 5.91 Å². The second-order valence-corrected chi connectivity index (χ2v) is 9.91. The third-order valence-electron chi connectivity index (χ3n) is 3.98. The standard InChI is InChI=1S/C19H22F3NOS2/c1-17(2,3)12-8-7-11(13(10-12)19(20,21)22)9-14-15(24)23(16(25)26-14)18(4,5)6/h7-10H,1-6H3/b14-9-. The third kappa shape index (κ3) is 4.31. The summed E-state index contributed by atoms with van der Waals surface area (Å²) in [4.78, 5) is 14.3. The van der Waals surface area contributed by atoms with E-state index in [1.807, 2.05) is 41.5 Å². The maximum absolute atomic E-state index is 13.6. The maximum Gasteiger partial charge on any atom is 0.416 e. The fourth-order valence-corrected chi connectivity index (χ4v) is 4.21. The minimum absolute atomic E-state index is 0.0279. The molecule has 0 spiro atoms. The Morgan fingerprint density at radius 3 is 2.08 bits per heavy atom. The number of alkyl halides is 3. The summed E-state index contributed by atoms with van der Waals surface area (Å²) < 4.78 is 41.1. The van der Waals surface area contributed by atoms with Crippen LogP contribution in [0.1, 0.15) is 58.2 Å². The lowest BCUT2D eigenvalue weighted by atomic mass is 9.85. The number of thioether (sulfide) groups is 1. The van der Waals surface area contributed by atoms with Gasteiger partial charge >= 0.3 is 6.18 Å². The maximum atomic E-state index is 13.6. The monoisotopic (exact) mass is 401 g/mol. The van der Waals surface area contributed by atoms with Crippen LogP contribution in [0.5, 0.6) is 0 Å². The number of carbonyl (C=O) groups excluding carboxylic acids is 1. The van der Waals surface area contributed by atoms with Crippen molar-refractivity contribution in [1.82, 2.24) is 4.90 Å². The first kappa shape index (κ1) is 21.0. The van der Waals surface area contributed by atoms with Crippen LogP contribution in [0.15, 0.2) is 23.1 Å².